The van der Waals surface area contributed by atoms with E-state index in [9.17, 15) is 0 Å². The zero-order chi connectivity index (χ0) is 11.5. The molecule has 1 N–H and O–H groups in total. The van der Waals surface area contributed by atoms with Gasteiger partial charge in [0.15, 0.2) is 0 Å². The molecule has 1 atom stereocenters. The van der Waals surface area contributed by atoms with E-state index in [0.717, 1.165) is 25.1 Å². The molecule has 2 rings (SSSR count). The first-order chi connectivity index (χ1) is 7.76. The summed E-state index contributed by atoms with van der Waals surface area (Å²) in [7, 11) is 0. The number of hydrogen-bond acceptors (Lipinski definition) is 3. The largest absolute Gasteiger partial charge is 0.392 e. The number of nitriles is 1. The van der Waals surface area contributed by atoms with Crippen LogP contribution in [0.3, 0.4) is 0 Å². The van der Waals surface area contributed by atoms with Gasteiger partial charge in [0.2, 0.25) is 0 Å². The van der Waals surface area contributed by atoms with E-state index in [-0.39, 0.29) is 12.6 Å². The highest BCUT2D eigenvalue weighted by atomic mass is 16.3. The Balaban J connectivity index is 2.33. The van der Waals surface area contributed by atoms with E-state index in [4.69, 9.17) is 17.3 Å². The third kappa shape index (κ3) is 1.89. The number of hydrogen-bond donors (Lipinski definition) is 1. The highest BCUT2D eigenvalue weighted by Crippen LogP contribution is 2.26. The number of anilines is 1. The van der Waals surface area contributed by atoms with Crippen LogP contribution in [0.1, 0.15) is 24.0 Å². The van der Waals surface area contributed by atoms with Gasteiger partial charge < -0.3 is 10.0 Å². The minimum atomic E-state index is -0.102. The van der Waals surface area contributed by atoms with Gasteiger partial charge in [0, 0.05) is 18.3 Å². The molecular formula is C13H14N2O. The summed E-state index contributed by atoms with van der Waals surface area (Å²) in [6.07, 6.45) is 2.08. The molecule has 0 aromatic heterocycles. The van der Waals surface area contributed by atoms with Crippen molar-refractivity contribution in [3.05, 3.63) is 36.2 Å². The second kappa shape index (κ2) is 4.54. The number of aliphatic hydroxyl groups excluding tert-OH is 1. The molecule has 1 aliphatic heterocycles. The highest BCUT2D eigenvalue weighted by Gasteiger charge is 2.21. The van der Waals surface area contributed by atoms with Gasteiger partial charge in [-0.15, -0.1) is 0 Å². The van der Waals surface area contributed by atoms with Gasteiger partial charge in [-0.25, -0.2) is 0 Å². The Morgan fingerprint density at radius 3 is 2.94 bits per heavy atom. The van der Waals surface area contributed by atoms with Gasteiger partial charge in [-0.2, -0.15) is 5.26 Å². The van der Waals surface area contributed by atoms with Crippen LogP contribution in [0, 0.1) is 18.3 Å². The zero-order valence-electron chi connectivity index (χ0n) is 9.06. The molecule has 1 aromatic carbocycles. The van der Waals surface area contributed by atoms with Gasteiger partial charge in [-0.1, -0.05) is 6.07 Å². The van der Waals surface area contributed by atoms with Crippen LogP contribution in [0.2, 0.25) is 0 Å². The smallest absolute Gasteiger partial charge is 0.0996 e. The van der Waals surface area contributed by atoms with Crippen LogP contribution in [0.4, 0.5) is 5.69 Å². The molecule has 1 fully saturated rings. The third-order valence-corrected chi connectivity index (χ3v) is 3.02. The maximum absolute atomic E-state index is 9.07. The molecule has 82 valence electrons. The summed E-state index contributed by atoms with van der Waals surface area (Å²) in [6, 6.07) is 7.65. The zero-order valence-corrected chi connectivity index (χ0v) is 9.06. The Labute approximate surface area is 95.9 Å². The fourth-order valence-electron chi connectivity index (χ4n) is 2.10. The van der Waals surface area contributed by atoms with Crippen LogP contribution in [-0.2, 0) is 6.61 Å². The van der Waals surface area contributed by atoms with E-state index in [1.54, 1.807) is 12.1 Å². The van der Waals surface area contributed by atoms with Crippen LogP contribution < -0.4 is 4.90 Å². The van der Waals surface area contributed by atoms with Crippen molar-refractivity contribution in [2.45, 2.75) is 25.5 Å². The summed E-state index contributed by atoms with van der Waals surface area (Å²) in [6.45, 7) is 6.80. The Bertz CT molecular complexity index is 422. The van der Waals surface area contributed by atoms with Crippen molar-refractivity contribution >= 4 is 5.69 Å². The van der Waals surface area contributed by atoms with Crippen molar-refractivity contribution < 1.29 is 5.11 Å². The summed E-state index contributed by atoms with van der Waals surface area (Å²) in [4.78, 5) is 2.10. The predicted molar refractivity (Wildman–Crippen MR) is 61.7 cm³/mol. The molecule has 1 aromatic rings. The Kier molecular flexibility index (Phi) is 3.12. The van der Waals surface area contributed by atoms with Crippen molar-refractivity contribution in [3.8, 4) is 6.07 Å². The fraction of sp³-hybridized carbons (Fsp3) is 0.385. The number of benzene rings is 1. The van der Waals surface area contributed by atoms with Gasteiger partial charge in [0.1, 0.15) is 0 Å². The maximum Gasteiger partial charge on any atom is 0.0996 e. The van der Waals surface area contributed by atoms with E-state index in [1.807, 2.05) is 6.07 Å². The third-order valence-electron chi connectivity index (χ3n) is 3.02. The monoisotopic (exact) mass is 214 g/mol. The summed E-state index contributed by atoms with van der Waals surface area (Å²) in [5, 5.41) is 18.0. The summed E-state index contributed by atoms with van der Waals surface area (Å²) in [5.74, 6) is 0. The van der Waals surface area contributed by atoms with Crippen molar-refractivity contribution in [2.75, 3.05) is 11.4 Å². The molecule has 0 amide bonds. The van der Waals surface area contributed by atoms with Crippen LogP contribution >= 0.6 is 0 Å². The molecule has 2 radical (unpaired) electrons. The van der Waals surface area contributed by atoms with Crippen molar-refractivity contribution in [3.63, 3.8) is 0 Å². The normalized spacial score (nSPS) is 19.8. The van der Waals surface area contributed by atoms with E-state index in [2.05, 4.69) is 11.0 Å². The Morgan fingerprint density at radius 2 is 2.38 bits per heavy atom. The quantitative estimate of drug-likeness (QED) is 0.815. The maximum atomic E-state index is 9.07. The molecule has 3 nitrogen and oxygen atoms in total. The van der Waals surface area contributed by atoms with Crippen molar-refractivity contribution in [2.24, 2.45) is 0 Å². The van der Waals surface area contributed by atoms with Gasteiger partial charge >= 0.3 is 0 Å². The molecule has 0 spiro atoms. The SMILES string of the molecule is [CH]C1CCCN1c1ccc(CO)c(C#N)c1. The first-order valence-electron chi connectivity index (χ1n) is 5.42. The lowest BCUT2D eigenvalue weighted by molar-refractivity contribution is 0.281. The Hall–Kier alpha value is -1.53. The molecule has 1 unspecified atom stereocenters. The average molecular weight is 214 g/mol. The number of aliphatic hydroxyl groups is 1. The molecular weight excluding hydrogens is 200 g/mol. The minimum absolute atomic E-state index is 0.0477. The molecule has 1 aliphatic rings. The van der Waals surface area contributed by atoms with Gasteiger partial charge in [0.05, 0.1) is 18.2 Å². The molecule has 0 bridgehead atoms. The minimum Gasteiger partial charge on any atom is -0.392 e. The van der Waals surface area contributed by atoms with Gasteiger partial charge in [-0.05, 0) is 37.5 Å². The average Bonchev–Trinajstić information content (AvgIpc) is 2.74. The molecule has 16 heavy (non-hydrogen) atoms. The van der Waals surface area contributed by atoms with E-state index >= 15 is 0 Å². The standard InChI is InChI=1S/C13H14N2O/c1-10-3-2-6-15(10)13-5-4-11(9-16)12(7-13)8-14/h1,4-5,7,10,16H,2-3,6,9H2. The first-order valence-corrected chi connectivity index (χ1v) is 5.42. The van der Waals surface area contributed by atoms with E-state index in [1.165, 1.54) is 0 Å². The topological polar surface area (TPSA) is 47.3 Å². The van der Waals surface area contributed by atoms with E-state index in [0.29, 0.717) is 11.1 Å². The van der Waals surface area contributed by atoms with E-state index < -0.39 is 0 Å². The molecule has 3 heteroatoms. The summed E-state index contributed by atoms with van der Waals surface area (Å²) in [5.41, 5.74) is 2.16. The predicted octanol–water partition coefficient (Wildman–Crippen LogP) is 1.73. The second-order valence-electron chi connectivity index (χ2n) is 4.01. The van der Waals surface area contributed by atoms with Crippen molar-refractivity contribution in [1.29, 1.82) is 5.26 Å². The lowest BCUT2D eigenvalue weighted by Crippen LogP contribution is -2.26. The van der Waals surface area contributed by atoms with Crippen LogP contribution in [0.25, 0.3) is 0 Å². The molecule has 1 heterocycles. The molecule has 1 saturated heterocycles. The first kappa shape index (κ1) is 11.0. The van der Waals surface area contributed by atoms with Crippen LogP contribution in [0.15, 0.2) is 18.2 Å². The lowest BCUT2D eigenvalue weighted by atomic mass is 10.1. The van der Waals surface area contributed by atoms with Gasteiger partial charge in [0.25, 0.3) is 0 Å². The molecule has 0 saturated carbocycles. The second-order valence-corrected chi connectivity index (χ2v) is 4.01. The van der Waals surface area contributed by atoms with Crippen LogP contribution in [0.5, 0.6) is 0 Å². The van der Waals surface area contributed by atoms with Crippen LogP contribution in [-0.4, -0.2) is 17.7 Å². The van der Waals surface area contributed by atoms with Crippen molar-refractivity contribution in [1.82, 2.24) is 0 Å². The molecule has 0 aliphatic carbocycles. The highest BCUT2D eigenvalue weighted by molar-refractivity contribution is 5.55. The summed E-state index contributed by atoms with van der Waals surface area (Å²) >= 11 is 0. The number of rotatable bonds is 2. The number of nitrogens with zero attached hydrogens (tertiary/aromatic N) is 2. The Morgan fingerprint density at radius 1 is 1.56 bits per heavy atom. The summed E-state index contributed by atoms with van der Waals surface area (Å²) < 4.78 is 0. The fourth-order valence-corrected chi connectivity index (χ4v) is 2.10. The van der Waals surface area contributed by atoms with Gasteiger partial charge in [-0.3, -0.25) is 0 Å². The lowest BCUT2D eigenvalue weighted by Gasteiger charge is -2.24.